The van der Waals surface area contributed by atoms with Crippen molar-refractivity contribution in [3.63, 3.8) is 0 Å². The summed E-state index contributed by atoms with van der Waals surface area (Å²) in [6.45, 7) is 4.78. The van der Waals surface area contributed by atoms with E-state index in [9.17, 15) is 9.59 Å². The van der Waals surface area contributed by atoms with Gasteiger partial charge in [0.1, 0.15) is 5.75 Å². The molecule has 1 atom stereocenters. The standard InChI is InChI=1S/C17H26N2O3/c1-4-6-9-13(5-2)12-18-16(20)17(21)19-14-10-7-8-11-15(14)22-3/h7-8,10-11,13H,4-6,9,12H2,1-3H3,(H,18,20)(H,19,21). The number of anilines is 1. The largest absolute Gasteiger partial charge is 0.495 e. The fourth-order valence-electron chi connectivity index (χ4n) is 2.19. The van der Waals surface area contributed by atoms with Crippen molar-refractivity contribution in [2.45, 2.75) is 39.5 Å². The lowest BCUT2D eigenvalue weighted by Crippen LogP contribution is -2.38. The predicted molar refractivity (Wildman–Crippen MR) is 87.9 cm³/mol. The Bertz CT molecular complexity index is 489. The maximum Gasteiger partial charge on any atom is 0.313 e. The molecule has 0 aliphatic heterocycles. The first-order valence-corrected chi connectivity index (χ1v) is 7.84. The van der Waals surface area contributed by atoms with Crippen LogP contribution >= 0.6 is 0 Å². The van der Waals surface area contributed by atoms with Crippen molar-refractivity contribution in [1.29, 1.82) is 0 Å². The van der Waals surface area contributed by atoms with Crippen LogP contribution in [-0.4, -0.2) is 25.5 Å². The first kappa shape index (κ1) is 18.0. The van der Waals surface area contributed by atoms with Crippen molar-refractivity contribution < 1.29 is 14.3 Å². The summed E-state index contributed by atoms with van der Waals surface area (Å²) in [4.78, 5) is 23.8. The van der Waals surface area contributed by atoms with Crippen molar-refractivity contribution in [3.8, 4) is 5.75 Å². The summed E-state index contributed by atoms with van der Waals surface area (Å²) in [5.74, 6) is -0.336. The minimum atomic E-state index is -0.671. The molecular formula is C17H26N2O3. The van der Waals surface area contributed by atoms with E-state index in [1.165, 1.54) is 7.11 Å². The Morgan fingerprint density at radius 3 is 2.55 bits per heavy atom. The highest BCUT2D eigenvalue weighted by Gasteiger charge is 2.16. The zero-order valence-electron chi connectivity index (χ0n) is 13.6. The van der Waals surface area contributed by atoms with Crippen molar-refractivity contribution in [2.75, 3.05) is 19.0 Å². The topological polar surface area (TPSA) is 67.4 Å². The summed E-state index contributed by atoms with van der Waals surface area (Å²) < 4.78 is 5.14. The molecule has 1 aromatic carbocycles. The third-order valence-electron chi connectivity index (χ3n) is 3.66. The van der Waals surface area contributed by atoms with Crippen LogP contribution in [0.5, 0.6) is 5.75 Å². The molecule has 5 heteroatoms. The molecule has 5 nitrogen and oxygen atoms in total. The Morgan fingerprint density at radius 1 is 1.18 bits per heavy atom. The van der Waals surface area contributed by atoms with Gasteiger partial charge in [-0.1, -0.05) is 45.2 Å². The second kappa shape index (κ2) is 9.82. The van der Waals surface area contributed by atoms with Crippen molar-refractivity contribution in [1.82, 2.24) is 5.32 Å². The quantitative estimate of drug-likeness (QED) is 0.726. The van der Waals surface area contributed by atoms with E-state index in [4.69, 9.17) is 4.74 Å². The van der Waals surface area contributed by atoms with Gasteiger partial charge < -0.3 is 15.4 Å². The minimum Gasteiger partial charge on any atom is -0.495 e. The second-order valence-electron chi connectivity index (χ2n) is 5.28. The van der Waals surface area contributed by atoms with Gasteiger partial charge in [0, 0.05) is 6.54 Å². The van der Waals surface area contributed by atoms with Crippen LogP contribution in [0, 0.1) is 5.92 Å². The van der Waals surface area contributed by atoms with E-state index >= 15 is 0 Å². The van der Waals surface area contributed by atoms with Crippen LogP contribution in [0.15, 0.2) is 24.3 Å². The lowest BCUT2D eigenvalue weighted by atomic mass is 9.99. The number of carbonyl (C=O) groups excluding carboxylic acids is 2. The average molecular weight is 306 g/mol. The first-order chi connectivity index (χ1) is 10.6. The van der Waals surface area contributed by atoms with Crippen molar-refractivity contribution in [3.05, 3.63) is 24.3 Å². The fourth-order valence-corrected chi connectivity index (χ4v) is 2.19. The molecule has 0 saturated carbocycles. The van der Waals surface area contributed by atoms with Gasteiger partial charge in [0.15, 0.2) is 0 Å². The van der Waals surface area contributed by atoms with Crippen molar-refractivity contribution >= 4 is 17.5 Å². The molecule has 1 aromatic rings. The molecule has 1 unspecified atom stereocenters. The molecule has 0 fully saturated rings. The number of unbranched alkanes of at least 4 members (excludes halogenated alkanes) is 1. The summed E-state index contributed by atoms with van der Waals surface area (Å²) in [6, 6.07) is 6.99. The highest BCUT2D eigenvalue weighted by molar-refractivity contribution is 6.39. The number of carbonyl (C=O) groups is 2. The SMILES string of the molecule is CCCCC(CC)CNC(=O)C(=O)Nc1ccccc1OC. The Hall–Kier alpha value is -2.04. The number of nitrogens with one attached hydrogen (secondary N) is 2. The van der Waals surface area contributed by atoms with Gasteiger partial charge in [-0.2, -0.15) is 0 Å². The number of para-hydroxylation sites is 2. The van der Waals surface area contributed by atoms with Crippen LogP contribution < -0.4 is 15.4 Å². The van der Waals surface area contributed by atoms with Gasteiger partial charge >= 0.3 is 11.8 Å². The fraction of sp³-hybridized carbons (Fsp3) is 0.529. The number of methoxy groups -OCH3 is 1. The van der Waals surface area contributed by atoms with Gasteiger partial charge in [-0.3, -0.25) is 9.59 Å². The molecule has 1 rings (SSSR count). The van der Waals surface area contributed by atoms with Crippen LogP contribution in [0.2, 0.25) is 0 Å². The molecule has 0 aliphatic carbocycles. The van der Waals surface area contributed by atoms with Gasteiger partial charge in [-0.25, -0.2) is 0 Å². The number of hydrogen-bond acceptors (Lipinski definition) is 3. The Balaban J connectivity index is 2.49. The lowest BCUT2D eigenvalue weighted by Gasteiger charge is -2.15. The van der Waals surface area contributed by atoms with E-state index in [0.717, 1.165) is 25.7 Å². The molecule has 2 N–H and O–H groups in total. The Morgan fingerprint density at radius 2 is 1.91 bits per heavy atom. The molecule has 0 spiro atoms. The van der Waals surface area contributed by atoms with Gasteiger partial charge in [-0.15, -0.1) is 0 Å². The Labute approximate surface area is 132 Å². The van der Waals surface area contributed by atoms with Crippen LogP contribution in [-0.2, 0) is 9.59 Å². The van der Waals surface area contributed by atoms with E-state index in [0.29, 0.717) is 23.9 Å². The molecule has 0 saturated heterocycles. The molecule has 0 aliphatic rings. The lowest BCUT2D eigenvalue weighted by molar-refractivity contribution is -0.136. The van der Waals surface area contributed by atoms with E-state index in [-0.39, 0.29) is 0 Å². The normalized spacial score (nSPS) is 11.6. The molecule has 0 bridgehead atoms. The monoisotopic (exact) mass is 306 g/mol. The zero-order valence-corrected chi connectivity index (χ0v) is 13.6. The van der Waals surface area contributed by atoms with E-state index in [2.05, 4.69) is 24.5 Å². The number of amides is 2. The molecule has 0 heterocycles. The summed E-state index contributed by atoms with van der Waals surface area (Å²) in [7, 11) is 1.52. The number of ether oxygens (including phenoxy) is 1. The van der Waals surface area contributed by atoms with Gasteiger partial charge in [0.2, 0.25) is 0 Å². The molecule has 2 amide bonds. The average Bonchev–Trinajstić information content (AvgIpc) is 2.55. The molecular weight excluding hydrogens is 280 g/mol. The van der Waals surface area contributed by atoms with E-state index in [1.807, 2.05) is 0 Å². The molecule has 0 radical (unpaired) electrons. The van der Waals surface area contributed by atoms with Crippen LogP contribution in [0.4, 0.5) is 5.69 Å². The van der Waals surface area contributed by atoms with Gasteiger partial charge in [0.25, 0.3) is 0 Å². The Kier molecular flexibility index (Phi) is 8.04. The van der Waals surface area contributed by atoms with Gasteiger partial charge in [0.05, 0.1) is 12.8 Å². The van der Waals surface area contributed by atoms with E-state index < -0.39 is 11.8 Å². The second-order valence-corrected chi connectivity index (χ2v) is 5.28. The molecule has 122 valence electrons. The summed E-state index contributed by atoms with van der Waals surface area (Å²) in [6.07, 6.45) is 4.34. The van der Waals surface area contributed by atoms with Crippen LogP contribution in [0.1, 0.15) is 39.5 Å². The third kappa shape index (κ3) is 5.76. The summed E-state index contributed by atoms with van der Waals surface area (Å²) in [5, 5.41) is 5.28. The zero-order chi connectivity index (χ0) is 16.4. The smallest absolute Gasteiger partial charge is 0.313 e. The van der Waals surface area contributed by atoms with E-state index in [1.54, 1.807) is 24.3 Å². The van der Waals surface area contributed by atoms with Gasteiger partial charge in [-0.05, 0) is 24.5 Å². The van der Waals surface area contributed by atoms with Crippen LogP contribution in [0.25, 0.3) is 0 Å². The first-order valence-electron chi connectivity index (χ1n) is 7.84. The molecule has 0 aromatic heterocycles. The van der Waals surface area contributed by atoms with Crippen molar-refractivity contribution in [2.24, 2.45) is 5.92 Å². The minimum absolute atomic E-state index is 0.419. The van der Waals surface area contributed by atoms with Crippen LogP contribution in [0.3, 0.4) is 0 Å². The highest BCUT2D eigenvalue weighted by atomic mass is 16.5. The third-order valence-corrected chi connectivity index (χ3v) is 3.66. The number of hydrogen-bond donors (Lipinski definition) is 2. The summed E-state index contributed by atoms with van der Waals surface area (Å²) in [5.41, 5.74) is 0.489. The maximum atomic E-state index is 11.9. The summed E-state index contributed by atoms with van der Waals surface area (Å²) >= 11 is 0. The maximum absolute atomic E-state index is 11.9. The highest BCUT2D eigenvalue weighted by Crippen LogP contribution is 2.22. The molecule has 22 heavy (non-hydrogen) atoms. The number of benzene rings is 1. The number of rotatable bonds is 8. The predicted octanol–water partition coefficient (Wildman–Crippen LogP) is 2.97.